The highest BCUT2D eigenvalue weighted by molar-refractivity contribution is 5.52. The van der Waals surface area contributed by atoms with E-state index in [2.05, 4.69) is 0 Å². The van der Waals surface area contributed by atoms with Crippen LogP contribution in [0.1, 0.15) is 6.42 Å². The normalized spacial score (nSPS) is 20.2. The van der Waals surface area contributed by atoms with Gasteiger partial charge in [-0.05, 0) is 12.1 Å². The van der Waals surface area contributed by atoms with E-state index >= 15 is 0 Å². The smallest absolute Gasteiger partial charge is 0.163 e. The Labute approximate surface area is 88.9 Å². The Hall–Kier alpha value is -1.42. The number of nitrogens with two attached hydrogens (primary N) is 1. The van der Waals surface area contributed by atoms with Crippen LogP contribution >= 0.6 is 0 Å². The van der Waals surface area contributed by atoms with Gasteiger partial charge in [0.2, 0.25) is 0 Å². The molecule has 4 nitrogen and oxygen atoms in total. The molecule has 0 saturated carbocycles. The fourth-order valence-corrected chi connectivity index (χ4v) is 1.57. The topological polar surface area (TPSA) is 53.7 Å². The zero-order valence-corrected chi connectivity index (χ0v) is 8.73. The molecule has 1 fully saturated rings. The first-order valence-corrected chi connectivity index (χ1v) is 4.97. The van der Waals surface area contributed by atoms with Gasteiger partial charge in [-0.3, -0.25) is 0 Å². The SMILES string of the molecule is COc1ccc(N)cc1OC1CCOC1. The van der Waals surface area contributed by atoms with E-state index in [0.29, 0.717) is 23.8 Å². The third-order valence-corrected chi connectivity index (χ3v) is 2.37. The molecule has 1 unspecified atom stereocenters. The van der Waals surface area contributed by atoms with Crippen LogP contribution in [0.15, 0.2) is 18.2 Å². The van der Waals surface area contributed by atoms with Crippen molar-refractivity contribution in [3.05, 3.63) is 18.2 Å². The van der Waals surface area contributed by atoms with Crippen LogP contribution < -0.4 is 15.2 Å². The molecule has 1 aliphatic rings. The van der Waals surface area contributed by atoms with Crippen molar-refractivity contribution in [3.8, 4) is 11.5 Å². The van der Waals surface area contributed by atoms with Crippen molar-refractivity contribution in [1.82, 2.24) is 0 Å². The molecule has 0 radical (unpaired) electrons. The van der Waals surface area contributed by atoms with E-state index in [4.69, 9.17) is 19.9 Å². The Bertz CT molecular complexity index is 335. The molecule has 2 N–H and O–H groups in total. The molecule has 0 spiro atoms. The molecule has 2 rings (SSSR count). The minimum absolute atomic E-state index is 0.112. The van der Waals surface area contributed by atoms with Gasteiger partial charge in [-0.1, -0.05) is 0 Å². The summed E-state index contributed by atoms with van der Waals surface area (Å²) >= 11 is 0. The first-order chi connectivity index (χ1) is 7.29. The zero-order chi connectivity index (χ0) is 10.7. The van der Waals surface area contributed by atoms with Crippen molar-refractivity contribution >= 4 is 5.69 Å². The van der Waals surface area contributed by atoms with Crippen molar-refractivity contribution in [2.24, 2.45) is 0 Å². The van der Waals surface area contributed by atoms with Gasteiger partial charge in [0.05, 0.1) is 20.3 Å². The van der Waals surface area contributed by atoms with Crippen molar-refractivity contribution < 1.29 is 14.2 Å². The molecule has 0 bridgehead atoms. The fraction of sp³-hybridized carbons (Fsp3) is 0.455. The summed E-state index contributed by atoms with van der Waals surface area (Å²) in [6, 6.07) is 5.37. The molecule has 82 valence electrons. The van der Waals surface area contributed by atoms with E-state index < -0.39 is 0 Å². The lowest BCUT2D eigenvalue weighted by Crippen LogP contribution is -2.16. The minimum Gasteiger partial charge on any atom is -0.493 e. The van der Waals surface area contributed by atoms with E-state index in [-0.39, 0.29) is 6.10 Å². The molecule has 1 aromatic carbocycles. The highest BCUT2D eigenvalue weighted by Crippen LogP contribution is 2.30. The Kier molecular flexibility index (Phi) is 2.97. The van der Waals surface area contributed by atoms with Crippen molar-refractivity contribution in [2.45, 2.75) is 12.5 Å². The van der Waals surface area contributed by atoms with Crippen molar-refractivity contribution in [3.63, 3.8) is 0 Å². The summed E-state index contributed by atoms with van der Waals surface area (Å²) < 4.78 is 16.2. The Morgan fingerprint density at radius 3 is 2.93 bits per heavy atom. The average molecular weight is 209 g/mol. The highest BCUT2D eigenvalue weighted by atomic mass is 16.6. The predicted octanol–water partition coefficient (Wildman–Crippen LogP) is 1.45. The van der Waals surface area contributed by atoms with Gasteiger partial charge in [-0.25, -0.2) is 0 Å². The molecule has 1 aliphatic heterocycles. The Balaban J connectivity index is 2.14. The number of hydrogen-bond donors (Lipinski definition) is 1. The standard InChI is InChI=1S/C11H15NO3/c1-13-10-3-2-8(12)6-11(10)15-9-4-5-14-7-9/h2-3,6,9H,4-5,7,12H2,1H3. The van der Waals surface area contributed by atoms with E-state index in [1.807, 2.05) is 0 Å². The molecule has 15 heavy (non-hydrogen) atoms. The van der Waals surface area contributed by atoms with Crippen LogP contribution in [0.4, 0.5) is 5.69 Å². The van der Waals surface area contributed by atoms with Gasteiger partial charge in [0.15, 0.2) is 11.5 Å². The molecule has 0 aromatic heterocycles. The van der Waals surface area contributed by atoms with E-state index in [0.717, 1.165) is 13.0 Å². The number of hydrogen-bond acceptors (Lipinski definition) is 4. The molecule has 4 heteroatoms. The number of benzene rings is 1. The van der Waals surface area contributed by atoms with Crippen LogP contribution in [-0.4, -0.2) is 26.4 Å². The lowest BCUT2D eigenvalue weighted by Gasteiger charge is -2.15. The van der Waals surface area contributed by atoms with Crippen molar-refractivity contribution in [2.75, 3.05) is 26.1 Å². The summed E-state index contributed by atoms with van der Waals surface area (Å²) in [6.07, 6.45) is 1.03. The zero-order valence-electron chi connectivity index (χ0n) is 8.73. The number of ether oxygens (including phenoxy) is 3. The van der Waals surface area contributed by atoms with Gasteiger partial charge in [0, 0.05) is 18.2 Å². The van der Waals surface area contributed by atoms with Gasteiger partial charge >= 0.3 is 0 Å². The molecule has 1 heterocycles. The quantitative estimate of drug-likeness (QED) is 0.765. The first kappa shape index (κ1) is 10.1. The maximum atomic E-state index is 5.75. The minimum atomic E-state index is 0.112. The first-order valence-electron chi connectivity index (χ1n) is 4.97. The summed E-state index contributed by atoms with van der Waals surface area (Å²) in [5, 5.41) is 0. The maximum Gasteiger partial charge on any atom is 0.163 e. The Morgan fingerprint density at radius 1 is 1.40 bits per heavy atom. The van der Waals surface area contributed by atoms with Gasteiger partial charge < -0.3 is 19.9 Å². The molecule has 0 aliphatic carbocycles. The fourth-order valence-electron chi connectivity index (χ4n) is 1.57. The van der Waals surface area contributed by atoms with Crippen LogP contribution in [0.2, 0.25) is 0 Å². The van der Waals surface area contributed by atoms with Crippen LogP contribution in [0.25, 0.3) is 0 Å². The lowest BCUT2D eigenvalue weighted by molar-refractivity contribution is 0.139. The molecule has 1 atom stereocenters. The maximum absolute atomic E-state index is 5.75. The van der Waals surface area contributed by atoms with E-state index in [1.54, 1.807) is 25.3 Å². The molecule has 0 amide bonds. The van der Waals surface area contributed by atoms with Crippen LogP contribution in [0, 0.1) is 0 Å². The number of nitrogen functional groups attached to an aromatic ring is 1. The number of anilines is 1. The van der Waals surface area contributed by atoms with Crippen LogP contribution in [-0.2, 0) is 4.74 Å². The summed E-state index contributed by atoms with van der Waals surface area (Å²) in [6.45, 7) is 1.40. The summed E-state index contributed by atoms with van der Waals surface area (Å²) in [5.41, 5.74) is 6.36. The van der Waals surface area contributed by atoms with Crippen LogP contribution in [0.5, 0.6) is 11.5 Å². The molecular formula is C11H15NO3. The lowest BCUT2D eigenvalue weighted by atomic mass is 10.2. The van der Waals surface area contributed by atoms with Gasteiger partial charge in [0.25, 0.3) is 0 Å². The van der Waals surface area contributed by atoms with Crippen molar-refractivity contribution in [1.29, 1.82) is 0 Å². The molecule has 1 aromatic rings. The van der Waals surface area contributed by atoms with Crippen LogP contribution in [0.3, 0.4) is 0 Å². The average Bonchev–Trinajstić information content (AvgIpc) is 2.71. The summed E-state index contributed by atoms with van der Waals surface area (Å²) in [5.74, 6) is 1.39. The molecular weight excluding hydrogens is 194 g/mol. The Morgan fingerprint density at radius 2 is 2.27 bits per heavy atom. The third-order valence-electron chi connectivity index (χ3n) is 2.37. The highest BCUT2D eigenvalue weighted by Gasteiger charge is 2.18. The second-order valence-electron chi connectivity index (χ2n) is 3.51. The molecule has 1 saturated heterocycles. The largest absolute Gasteiger partial charge is 0.493 e. The van der Waals surface area contributed by atoms with E-state index in [9.17, 15) is 0 Å². The van der Waals surface area contributed by atoms with Gasteiger partial charge in [-0.15, -0.1) is 0 Å². The monoisotopic (exact) mass is 209 g/mol. The third kappa shape index (κ3) is 2.33. The predicted molar refractivity (Wildman–Crippen MR) is 57.3 cm³/mol. The summed E-state index contributed by atoms with van der Waals surface area (Å²) in [4.78, 5) is 0. The number of methoxy groups -OCH3 is 1. The van der Waals surface area contributed by atoms with E-state index in [1.165, 1.54) is 0 Å². The van der Waals surface area contributed by atoms with Gasteiger partial charge in [-0.2, -0.15) is 0 Å². The summed E-state index contributed by atoms with van der Waals surface area (Å²) in [7, 11) is 1.61. The second-order valence-corrected chi connectivity index (χ2v) is 3.51. The second kappa shape index (κ2) is 4.40. The number of rotatable bonds is 3. The van der Waals surface area contributed by atoms with Gasteiger partial charge in [0.1, 0.15) is 6.10 Å².